The molecule has 0 radical (unpaired) electrons. The molecule has 0 spiro atoms. The van der Waals surface area contributed by atoms with Crippen molar-refractivity contribution in [2.24, 2.45) is 5.73 Å². The third kappa shape index (κ3) is 2.68. The molecule has 1 aromatic carbocycles. The molecule has 1 atom stereocenters. The Bertz CT molecular complexity index is 512. The molecule has 0 aliphatic carbocycles. The van der Waals surface area contributed by atoms with E-state index in [2.05, 4.69) is 26.1 Å². The van der Waals surface area contributed by atoms with E-state index < -0.39 is 11.9 Å². The van der Waals surface area contributed by atoms with E-state index in [9.17, 15) is 9.50 Å². The summed E-state index contributed by atoms with van der Waals surface area (Å²) >= 11 is 3.16. The van der Waals surface area contributed by atoms with Crippen molar-refractivity contribution in [3.05, 3.63) is 34.4 Å². The Morgan fingerprint density at radius 1 is 1.47 bits per heavy atom. The predicted molar refractivity (Wildman–Crippen MR) is 61.4 cm³/mol. The van der Waals surface area contributed by atoms with Crippen LogP contribution in [-0.2, 0) is 0 Å². The summed E-state index contributed by atoms with van der Waals surface area (Å²) in [4.78, 5) is 3.94. The van der Waals surface area contributed by atoms with Crippen molar-refractivity contribution in [1.29, 1.82) is 0 Å². The van der Waals surface area contributed by atoms with Gasteiger partial charge < -0.3 is 15.4 Å². The number of nitrogens with zero attached hydrogens (tertiary/aromatic N) is 2. The number of aromatic nitrogens is 2. The summed E-state index contributed by atoms with van der Waals surface area (Å²) in [6, 6.07) is 4.24. The zero-order valence-electron chi connectivity index (χ0n) is 8.60. The second-order valence-electron chi connectivity index (χ2n) is 3.37. The molecule has 0 bridgehead atoms. The second-order valence-corrected chi connectivity index (χ2v) is 4.28. The van der Waals surface area contributed by atoms with E-state index in [1.54, 1.807) is 6.07 Å². The number of benzene rings is 1. The molecule has 0 aliphatic rings. The van der Waals surface area contributed by atoms with Gasteiger partial charge in [-0.2, -0.15) is 4.98 Å². The van der Waals surface area contributed by atoms with E-state index >= 15 is 0 Å². The van der Waals surface area contributed by atoms with Gasteiger partial charge in [0.15, 0.2) is 0 Å². The van der Waals surface area contributed by atoms with Crippen LogP contribution in [0.2, 0.25) is 0 Å². The third-order valence-electron chi connectivity index (χ3n) is 2.07. The van der Waals surface area contributed by atoms with Crippen LogP contribution >= 0.6 is 15.9 Å². The molecule has 1 heterocycles. The molecule has 0 amide bonds. The summed E-state index contributed by atoms with van der Waals surface area (Å²) in [5, 5.41) is 13.0. The Morgan fingerprint density at radius 2 is 2.24 bits per heavy atom. The minimum absolute atomic E-state index is 0.0166. The van der Waals surface area contributed by atoms with Crippen molar-refractivity contribution in [2.75, 3.05) is 6.54 Å². The number of hydrogen-bond acceptors (Lipinski definition) is 5. The fraction of sp³-hybridized carbons (Fsp3) is 0.200. The van der Waals surface area contributed by atoms with Gasteiger partial charge in [0.1, 0.15) is 11.9 Å². The van der Waals surface area contributed by atoms with E-state index in [0.29, 0.717) is 10.0 Å². The van der Waals surface area contributed by atoms with E-state index in [0.717, 1.165) is 0 Å². The maximum Gasteiger partial charge on any atom is 0.257 e. The number of nitrogens with two attached hydrogens (primary N) is 1. The molecule has 0 saturated heterocycles. The average Bonchev–Trinajstić information content (AvgIpc) is 2.76. The van der Waals surface area contributed by atoms with Crippen LogP contribution in [0.5, 0.6) is 0 Å². The van der Waals surface area contributed by atoms with Crippen molar-refractivity contribution < 1.29 is 14.0 Å². The van der Waals surface area contributed by atoms with Gasteiger partial charge in [0.05, 0.1) is 0 Å². The zero-order valence-corrected chi connectivity index (χ0v) is 10.2. The highest BCUT2D eigenvalue weighted by atomic mass is 79.9. The molecule has 1 aromatic heterocycles. The fourth-order valence-electron chi connectivity index (χ4n) is 1.27. The van der Waals surface area contributed by atoms with E-state index in [-0.39, 0.29) is 18.3 Å². The molecule has 17 heavy (non-hydrogen) atoms. The van der Waals surface area contributed by atoms with Gasteiger partial charge >= 0.3 is 0 Å². The largest absolute Gasteiger partial charge is 0.382 e. The van der Waals surface area contributed by atoms with Gasteiger partial charge in [-0.15, -0.1) is 0 Å². The maximum absolute atomic E-state index is 13.2. The van der Waals surface area contributed by atoms with E-state index in [1.165, 1.54) is 12.1 Å². The van der Waals surface area contributed by atoms with Crippen LogP contribution in [0.25, 0.3) is 11.4 Å². The zero-order chi connectivity index (χ0) is 12.4. The lowest BCUT2D eigenvalue weighted by Gasteiger charge is -1.98. The quantitative estimate of drug-likeness (QED) is 0.900. The molecular formula is C10H9BrFN3O2. The molecule has 0 aliphatic heterocycles. The Morgan fingerprint density at radius 3 is 2.88 bits per heavy atom. The lowest BCUT2D eigenvalue weighted by atomic mass is 10.2. The number of aliphatic hydroxyl groups is 1. The molecule has 0 unspecified atom stereocenters. The van der Waals surface area contributed by atoms with Crippen LogP contribution in [0, 0.1) is 5.82 Å². The molecule has 5 nitrogen and oxygen atoms in total. The molecule has 90 valence electrons. The van der Waals surface area contributed by atoms with Crippen molar-refractivity contribution in [3.8, 4) is 11.4 Å². The summed E-state index contributed by atoms with van der Waals surface area (Å²) in [5.74, 6) is -0.198. The molecular weight excluding hydrogens is 293 g/mol. The van der Waals surface area contributed by atoms with Gasteiger partial charge in [0.2, 0.25) is 5.82 Å². The lowest BCUT2D eigenvalue weighted by molar-refractivity contribution is 0.141. The van der Waals surface area contributed by atoms with E-state index in [1.807, 2.05) is 0 Å². The van der Waals surface area contributed by atoms with Crippen LogP contribution in [0.4, 0.5) is 4.39 Å². The smallest absolute Gasteiger partial charge is 0.257 e. The minimum atomic E-state index is -1.01. The maximum atomic E-state index is 13.2. The van der Waals surface area contributed by atoms with Gasteiger partial charge in [0.25, 0.3) is 5.89 Å². The highest BCUT2D eigenvalue weighted by Crippen LogP contribution is 2.23. The van der Waals surface area contributed by atoms with Gasteiger partial charge in [0, 0.05) is 16.6 Å². The van der Waals surface area contributed by atoms with Gasteiger partial charge in [-0.05, 0) is 18.2 Å². The van der Waals surface area contributed by atoms with Crippen molar-refractivity contribution in [3.63, 3.8) is 0 Å². The highest BCUT2D eigenvalue weighted by molar-refractivity contribution is 9.10. The first-order chi connectivity index (χ1) is 8.10. The Hall–Kier alpha value is -1.31. The van der Waals surface area contributed by atoms with Gasteiger partial charge in [-0.3, -0.25) is 0 Å². The van der Waals surface area contributed by atoms with Crippen LogP contribution in [-0.4, -0.2) is 21.8 Å². The standard InChI is InChI=1S/C10H9BrFN3O2/c11-6-1-5(2-7(12)3-6)9-14-10(17-15-9)8(16)4-13/h1-3,8,16H,4,13H2/t8-/m0/s1. The summed E-state index contributed by atoms with van der Waals surface area (Å²) in [6.07, 6.45) is -1.01. The Kier molecular flexibility index (Phi) is 3.51. The van der Waals surface area contributed by atoms with Crippen LogP contribution in [0.15, 0.2) is 27.2 Å². The molecule has 7 heteroatoms. The third-order valence-corrected chi connectivity index (χ3v) is 2.53. The normalized spacial score (nSPS) is 12.7. The Balaban J connectivity index is 2.36. The van der Waals surface area contributed by atoms with Gasteiger partial charge in [-0.25, -0.2) is 4.39 Å². The lowest BCUT2D eigenvalue weighted by Crippen LogP contribution is -2.11. The second kappa shape index (κ2) is 4.91. The summed E-state index contributed by atoms with van der Waals surface area (Å²) in [5.41, 5.74) is 5.71. The summed E-state index contributed by atoms with van der Waals surface area (Å²) in [6.45, 7) is -0.0194. The molecule has 0 saturated carbocycles. The van der Waals surface area contributed by atoms with Crippen molar-refractivity contribution in [2.45, 2.75) is 6.10 Å². The summed E-state index contributed by atoms with van der Waals surface area (Å²) in [7, 11) is 0. The van der Waals surface area contributed by atoms with Gasteiger partial charge in [-0.1, -0.05) is 21.1 Å². The topological polar surface area (TPSA) is 85.2 Å². The molecule has 0 fully saturated rings. The number of rotatable bonds is 3. The summed E-state index contributed by atoms with van der Waals surface area (Å²) < 4.78 is 18.6. The number of halogens is 2. The van der Waals surface area contributed by atoms with Crippen molar-refractivity contribution in [1.82, 2.24) is 10.1 Å². The number of aliphatic hydroxyl groups excluding tert-OH is 1. The Labute approximate surface area is 105 Å². The molecule has 2 rings (SSSR count). The molecule has 2 aromatic rings. The molecule has 3 N–H and O–H groups in total. The predicted octanol–water partition coefficient (Wildman–Crippen LogP) is 1.63. The number of hydrogen-bond donors (Lipinski definition) is 2. The SMILES string of the molecule is NC[C@H](O)c1nc(-c2cc(F)cc(Br)c2)no1. The highest BCUT2D eigenvalue weighted by Gasteiger charge is 2.15. The van der Waals surface area contributed by atoms with E-state index in [4.69, 9.17) is 10.3 Å². The van der Waals surface area contributed by atoms with Crippen LogP contribution in [0.1, 0.15) is 12.0 Å². The van der Waals surface area contributed by atoms with Crippen LogP contribution in [0.3, 0.4) is 0 Å². The van der Waals surface area contributed by atoms with Crippen LogP contribution < -0.4 is 5.73 Å². The van der Waals surface area contributed by atoms with Crippen molar-refractivity contribution >= 4 is 15.9 Å². The monoisotopic (exact) mass is 301 g/mol. The average molecular weight is 302 g/mol. The fourth-order valence-corrected chi connectivity index (χ4v) is 1.74. The first-order valence-electron chi connectivity index (χ1n) is 4.78. The first kappa shape index (κ1) is 12.2. The first-order valence-corrected chi connectivity index (χ1v) is 5.57. The minimum Gasteiger partial charge on any atom is -0.382 e.